The van der Waals surface area contributed by atoms with Crippen LogP contribution in [0.5, 0.6) is 0 Å². The minimum absolute atomic E-state index is 0.294. The van der Waals surface area contributed by atoms with Gasteiger partial charge >= 0.3 is 6.09 Å². The molecule has 0 saturated carbocycles. The van der Waals surface area contributed by atoms with E-state index in [0.29, 0.717) is 40.3 Å². The zero-order valence-electron chi connectivity index (χ0n) is 16.7. The number of rotatable bonds is 2. The van der Waals surface area contributed by atoms with Gasteiger partial charge in [-0.1, -0.05) is 27.5 Å². The Morgan fingerprint density at radius 1 is 1.23 bits per heavy atom. The number of nitrogens with zero attached hydrogens (tertiary/aromatic N) is 2. The highest BCUT2D eigenvalue weighted by molar-refractivity contribution is 9.10. The largest absolute Gasteiger partial charge is 0.444 e. The molecular formula is C21H20BrClN4O3. The Morgan fingerprint density at radius 3 is 2.73 bits per heavy atom. The van der Waals surface area contributed by atoms with Crippen LogP contribution in [-0.4, -0.2) is 32.7 Å². The molecule has 1 aliphatic rings. The summed E-state index contributed by atoms with van der Waals surface area (Å²) in [4.78, 5) is 27.0. The summed E-state index contributed by atoms with van der Waals surface area (Å²) in [6.07, 6.45) is 1.23. The van der Waals surface area contributed by atoms with Gasteiger partial charge in [-0.2, -0.15) is 5.10 Å². The first-order chi connectivity index (χ1) is 14.1. The van der Waals surface area contributed by atoms with E-state index in [1.54, 1.807) is 23.2 Å². The topological polar surface area (TPSA) is 87.3 Å². The number of aromatic nitrogens is 2. The second kappa shape index (κ2) is 7.59. The number of amides is 2. The Morgan fingerprint density at radius 2 is 2.00 bits per heavy atom. The van der Waals surface area contributed by atoms with Crippen LogP contribution in [0.2, 0.25) is 5.02 Å². The van der Waals surface area contributed by atoms with Crippen molar-refractivity contribution >= 4 is 56.1 Å². The molecule has 0 radical (unpaired) electrons. The standard InChI is InChI=1S/C21H20BrClN4O3/c1-21(2,3)30-20(29)27-9-11-4-13(7-17(22)16(11)10-27)25-19(28)14-5-12(23)6-18-15(14)8-24-26-18/h4-8H,9-10H2,1-3H3,(H,24,26)(H,25,28). The SMILES string of the molecule is CC(C)(C)OC(=O)N1Cc2cc(NC(=O)c3cc(Cl)cc4[nH]ncc34)cc(Br)c2C1. The Labute approximate surface area is 186 Å². The molecule has 2 aromatic carbocycles. The van der Waals surface area contributed by atoms with Crippen molar-refractivity contribution in [2.75, 3.05) is 5.32 Å². The normalized spacial score (nSPS) is 13.4. The maximum Gasteiger partial charge on any atom is 0.410 e. The van der Waals surface area contributed by atoms with E-state index in [4.69, 9.17) is 16.3 Å². The van der Waals surface area contributed by atoms with Gasteiger partial charge < -0.3 is 10.1 Å². The number of fused-ring (bicyclic) bond motifs is 2. The molecule has 0 saturated heterocycles. The predicted octanol–water partition coefficient (Wildman–Crippen LogP) is 5.48. The summed E-state index contributed by atoms with van der Waals surface area (Å²) in [5, 5.41) is 10.9. The molecule has 7 nitrogen and oxygen atoms in total. The fraction of sp³-hybridized carbons (Fsp3) is 0.286. The van der Waals surface area contributed by atoms with Crippen molar-refractivity contribution < 1.29 is 14.3 Å². The van der Waals surface area contributed by atoms with Crippen LogP contribution < -0.4 is 5.32 Å². The molecule has 0 unspecified atom stereocenters. The number of nitrogens with one attached hydrogen (secondary N) is 2. The van der Waals surface area contributed by atoms with Gasteiger partial charge in [-0.3, -0.25) is 14.8 Å². The molecule has 0 atom stereocenters. The van der Waals surface area contributed by atoms with Crippen molar-refractivity contribution in [3.05, 3.63) is 56.6 Å². The number of anilines is 1. The van der Waals surface area contributed by atoms with Gasteiger partial charge in [0.05, 0.1) is 23.8 Å². The van der Waals surface area contributed by atoms with Crippen molar-refractivity contribution in [2.45, 2.75) is 39.5 Å². The van der Waals surface area contributed by atoms with Gasteiger partial charge in [0.15, 0.2) is 0 Å². The van der Waals surface area contributed by atoms with Gasteiger partial charge in [-0.05, 0) is 56.2 Å². The van der Waals surface area contributed by atoms with Crippen molar-refractivity contribution in [3.63, 3.8) is 0 Å². The highest BCUT2D eigenvalue weighted by atomic mass is 79.9. The maximum atomic E-state index is 12.9. The van der Waals surface area contributed by atoms with Crippen LogP contribution in [0.1, 0.15) is 42.3 Å². The van der Waals surface area contributed by atoms with Crippen LogP contribution in [0.25, 0.3) is 10.9 Å². The Balaban J connectivity index is 1.56. The van der Waals surface area contributed by atoms with Gasteiger partial charge in [0.2, 0.25) is 0 Å². The third kappa shape index (κ3) is 4.15. The molecule has 0 spiro atoms. The van der Waals surface area contributed by atoms with E-state index in [9.17, 15) is 9.59 Å². The van der Waals surface area contributed by atoms with E-state index >= 15 is 0 Å². The van der Waals surface area contributed by atoms with Gasteiger partial charge in [0.25, 0.3) is 5.91 Å². The van der Waals surface area contributed by atoms with E-state index in [1.807, 2.05) is 32.9 Å². The molecule has 2 amide bonds. The average molecular weight is 492 g/mol. The lowest BCUT2D eigenvalue weighted by Gasteiger charge is -2.24. The third-order valence-corrected chi connectivity index (χ3v) is 5.60. The molecule has 0 aliphatic carbocycles. The number of hydrogen-bond donors (Lipinski definition) is 2. The van der Waals surface area contributed by atoms with Gasteiger partial charge in [-0.15, -0.1) is 0 Å². The van der Waals surface area contributed by atoms with Gasteiger partial charge in [0.1, 0.15) is 5.60 Å². The lowest BCUT2D eigenvalue weighted by Crippen LogP contribution is -2.33. The van der Waals surface area contributed by atoms with E-state index in [2.05, 4.69) is 31.4 Å². The fourth-order valence-electron chi connectivity index (χ4n) is 3.39. The van der Waals surface area contributed by atoms with E-state index in [-0.39, 0.29) is 12.0 Å². The third-order valence-electron chi connectivity index (χ3n) is 4.68. The van der Waals surface area contributed by atoms with E-state index in [1.165, 1.54) is 0 Å². The summed E-state index contributed by atoms with van der Waals surface area (Å²) in [5.74, 6) is -0.294. The van der Waals surface area contributed by atoms with Crippen LogP contribution in [0, 0.1) is 0 Å². The Bertz CT molecular complexity index is 1170. The monoisotopic (exact) mass is 490 g/mol. The second-order valence-electron chi connectivity index (χ2n) is 8.17. The lowest BCUT2D eigenvalue weighted by molar-refractivity contribution is 0.0241. The first kappa shape index (κ1) is 20.7. The minimum Gasteiger partial charge on any atom is -0.444 e. The van der Waals surface area contributed by atoms with Gasteiger partial charge in [0, 0.05) is 27.1 Å². The van der Waals surface area contributed by atoms with Crippen LogP contribution >= 0.6 is 27.5 Å². The summed E-state index contributed by atoms with van der Waals surface area (Å²) in [5.41, 5.74) is 3.13. The van der Waals surface area contributed by atoms with Crippen LogP contribution in [0.4, 0.5) is 10.5 Å². The first-order valence-corrected chi connectivity index (χ1v) is 10.5. The summed E-state index contributed by atoms with van der Waals surface area (Å²) in [6, 6.07) is 7.03. The number of halogens is 2. The zero-order chi connectivity index (χ0) is 21.6. The Hall–Kier alpha value is -2.58. The van der Waals surface area contributed by atoms with Crippen LogP contribution in [0.15, 0.2) is 34.9 Å². The van der Waals surface area contributed by atoms with Crippen LogP contribution in [0.3, 0.4) is 0 Å². The molecule has 1 aliphatic heterocycles. The molecule has 2 heterocycles. The van der Waals surface area contributed by atoms with Crippen molar-refractivity contribution in [1.29, 1.82) is 0 Å². The molecule has 30 heavy (non-hydrogen) atoms. The summed E-state index contributed by atoms with van der Waals surface area (Å²) >= 11 is 9.70. The number of hydrogen-bond acceptors (Lipinski definition) is 4. The predicted molar refractivity (Wildman–Crippen MR) is 119 cm³/mol. The van der Waals surface area contributed by atoms with Gasteiger partial charge in [-0.25, -0.2) is 4.79 Å². The second-order valence-corrected chi connectivity index (χ2v) is 9.46. The molecule has 9 heteroatoms. The smallest absolute Gasteiger partial charge is 0.410 e. The van der Waals surface area contributed by atoms with E-state index < -0.39 is 5.60 Å². The van der Waals surface area contributed by atoms with Crippen molar-refractivity contribution in [3.8, 4) is 0 Å². The first-order valence-electron chi connectivity index (χ1n) is 9.34. The zero-order valence-corrected chi connectivity index (χ0v) is 19.0. The molecule has 0 bridgehead atoms. The average Bonchev–Trinajstić information content (AvgIpc) is 3.26. The Kier molecular flexibility index (Phi) is 5.23. The number of benzene rings is 2. The summed E-state index contributed by atoms with van der Waals surface area (Å²) < 4.78 is 6.29. The highest BCUT2D eigenvalue weighted by Gasteiger charge is 2.29. The molecule has 0 fully saturated rings. The minimum atomic E-state index is -0.558. The quantitative estimate of drug-likeness (QED) is 0.497. The highest BCUT2D eigenvalue weighted by Crippen LogP contribution is 2.34. The molecule has 156 valence electrons. The van der Waals surface area contributed by atoms with Crippen molar-refractivity contribution in [1.82, 2.24) is 15.1 Å². The summed E-state index contributed by atoms with van der Waals surface area (Å²) in [7, 11) is 0. The fourth-order valence-corrected chi connectivity index (χ4v) is 4.24. The summed E-state index contributed by atoms with van der Waals surface area (Å²) in [6.45, 7) is 6.37. The molecule has 3 aromatic rings. The molecular weight excluding hydrogens is 472 g/mol. The number of carbonyl (C=O) groups is 2. The molecule has 2 N–H and O–H groups in total. The number of ether oxygens (including phenoxy) is 1. The van der Waals surface area contributed by atoms with Crippen LogP contribution in [-0.2, 0) is 17.8 Å². The number of H-pyrrole nitrogens is 1. The lowest BCUT2D eigenvalue weighted by atomic mass is 10.1. The van der Waals surface area contributed by atoms with E-state index in [0.717, 1.165) is 15.6 Å². The molecule has 1 aromatic heterocycles. The maximum absolute atomic E-state index is 12.9. The number of carbonyl (C=O) groups excluding carboxylic acids is 2. The number of aromatic amines is 1. The van der Waals surface area contributed by atoms with Crippen molar-refractivity contribution in [2.24, 2.45) is 0 Å². The molecule has 4 rings (SSSR count).